The monoisotopic (exact) mass is 568 g/mol. The minimum atomic E-state index is -1.17. The summed E-state index contributed by atoms with van der Waals surface area (Å²) in [5, 5.41) is 1.08. The lowest BCUT2D eigenvalue weighted by atomic mass is 9.78. The zero-order valence-electron chi connectivity index (χ0n) is 25.9. The number of methoxy groups -OCH3 is 1. The highest BCUT2D eigenvalue weighted by Crippen LogP contribution is 2.53. The lowest BCUT2D eigenvalue weighted by Crippen LogP contribution is -2.31. The second kappa shape index (κ2) is 12.6. The fourth-order valence-electron chi connectivity index (χ4n) is 6.38. The summed E-state index contributed by atoms with van der Waals surface area (Å²) in [4.78, 5) is 16.0. The highest BCUT2D eigenvalue weighted by molar-refractivity contribution is 5.99. The van der Waals surface area contributed by atoms with E-state index in [9.17, 15) is 4.79 Å². The van der Waals surface area contributed by atoms with Gasteiger partial charge in [-0.05, 0) is 57.4 Å². The Kier molecular flexibility index (Phi) is 8.93. The molecule has 0 spiro atoms. The lowest BCUT2D eigenvalue weighted by Gasteiger charge is -2.33. The first-order chi connectivity index (χ1) is 20.4. The number of cyclic esters (lactones) is 1. The van der Waals surface area contributed by atoms with Crippen LogP contribution >= 0.6 is 0 Å². The quantitative estimate of drug-likeness (QED) is 0.122. The molecule has 0 saturated heterocycles. The molecule has 0 bridgehead atoms. The molecule has 1 aromatic heterocycles. The Bertz CT molecular complexity index is 1550. The average molecular weight is 569 g/mol. The molecule has 6 heteroatoms. The zero-order valence-corrected chi connectivity index (χ0v) is 25.9. The molecular formula is C36H44N2O4. The van der Waals surface area contributed by atoms with Crippen LogP contribution in [0, 0.1) is 12.8 Å². The molecular weight excluding hydrogens is 524 g/mol. The van der Waals surface area contributed by atoms with E-state index in [0.29, 0.717) is 24.7 Å². The van der Waals surface area contributed by atoms with Crippen LogP contribution in [0.5, 0.6) is 5.75 Å². The molecule has 0 saturated carbocycles. The molecule has 1 aliphatic heterocycles. The van der Waals surface area contributed by atoms with Crippen molar-refractivity contribution in [3.05, 3.63) is 94.7 Å². The molecule has 0 fully saturated rings. The van der Waals surface area contributed by atoms with Gasteiger partial charge in [-0.15, -0.1) is 0 Å². The Balaban J connectivity index is 1.82. The van der Waals surface area contributed by atoms with Crippen molar-refractivity contribution in [1.29, 1.82) is 0 Å². The van der Waals surface area contributed by atoms with E-state index in [2.05, 4.69) is 86.6 Å². The molecule has 0 N–H and O–H groups in total. The smallest absolute Gasteiger partial charge is 0.340 e. The van der Waals surface area contributed by atoms with Crippen molar-refractivity contribution in [1.82, 2.24) is 4.57 Å². The molecule has 1 aliphatic rings. The van der Waals surface area contributed by atoms with Crippen LogP contribution in [0.4, 0.5) is 5.69 Å². The number of esters is 1. The summed E-state index contributed by atoms with van der Waals surface area (Å²) in [6.45, 7) is 14.7. The van der Waals surface area contributed by atoms with Gasteiger partial charge in [0.25, 0.3) is 0 Å². The van der Waals surface area contributed by atoms with Crippen molar-refractivity contribution in [2.24, 2.45) is 5.92 Å². The van der Waals surface area contributed by atoms with Crippen LogP contribution in [-0.4, -0.2) is 43.9 Å². The summed E-state index contributed by atoms with van der Waals surface area (Å²) in [6.07, 6.45) is 1.80. The van der Waals surface area contributed by atoms with Gasteiger partial charge >= 0.3 is 5.97 Å². The number of aromatic nitrogens is 1. The molecule has 5 rings (SSSR count). The van der Waals surface area contributed by atoms with E-state index in [1.54, 1.807) is 7.11 Å². The minimum Gasteiger partial charge on any atom is -0.493 e. The Labute approximate surface area is 250 Å². The highest BCUT2D eigenvalue weighted by Gasteiger charge is 2.52. The van der Waals surface area contributed by atoms with E-state index in [1.807, 2.05) is 24.3 Å². The van der Waals surface area contributed by atoms with Crippen molar-refractivity contribution in [2.45, 2.75) is 59.6 Å². The largest absolute Gasteiger partial charge is 0.493 e. The van der Waals surface area contributed by atoms with Gasteiger partial charge in [-0.1, -0.05) is 50.2 Å². The normalized spacial score (nSPS) is 16.2. The molecule has 3 aromatic carbocycles. The van der Waals surface area contributed by atoms with Crippen LogP contribution in [-0.2, 0) is 21.6 Å². The molecule has 42 heavy (non-hydrogen) atoms. The van der Waals surface area contributed by atoms with E-state index in [-0.39, 0.29) is 5.97 Å². The van der Waals surface area contributed by atoms with E-state index in [4.69, 9.17) is 14.2 Å². The zero-order chi connectivity index (χ0) is 29.9. The summed E-state index contributed by atoms with van der Waals surface area (Å²) >= 11 is 0. The minimum absolute atomic E-state index is 0.317. The number of fused-ring (bicyclic) bond motifs is 2. The second-order valence-electron chi connectivity index (χ2n) is 11.5. The van der Waals surface area contributed by atoms with Crippen LogP contribution in [0.2, 0.25) is 0 Å². The second-order valence-corrected chi connectivity index (χ2v) is 11.5. The number of carbonyl (C=O) groups is 1. The number of carbonyl (C=O) groups excluding carboxylic acids is 1. The Hall–Kier alpha value is -3.77. The Morgan fingerprint density at radius 3 is 2.43 bits per heavy atom. The number of ether oxygens (including phenoxy) is 3. The van der Waals surface area contributed by atoms with Gasteiger partial charge in [0, 0.05) is 84.8 Å². The van der Waals surface area contributed by atoms with Crippen LogP contribution in [0.1, 0.15) is 73.3 Å². The van der Waals surface area contributed by atoms with Crippen LogP contribution in [0.3, 0.4) is 0 Å². The average Bonchev–Trinajstić information content (AvgIpc) is 3.45. The predicted octanol–water partition coefficient (Wildman–Crippen LogP) is 7.72. The van der Waals surface area contributed by atoms with Gasteiger partial charge in [0.2, 0.25) is 0 Å². The molecule has 2 heterocycles. The topological polar surface area (TPSA) is 52.9 Å². The molecule has 1 unspecified atom stereocenters. The molecule has 0 amide bonds. The lowest BCUT2D eigenvalue weighted by molar-refractivity contribution is 0.0245. The fourth-order valence-corrected chi connectivity index (χ4v) is 6.38. The van der Waals surface area contributed by atoms with Crippen LogP contribution < -0.4 is 9.64 Å². The van der Waals surface area contributed by atoms with Gasteiger partial charge in [-0.25, -0.2) is 4.79 Å². The molecule has 1 atom stereocenters. The van der Waals surface area contributed by atoms with E-state index < -0.39 is 5.60 Å². The van der Waals surface area contributed by atoms with Gasteiger partial charge in [-0.2, -0.15) is 0 Å². The number of aryl methyl sites for hydroxylation is 1. The van der Waals surface area contributed by atoms with Gasteiger partial charge in [-0.3, -0.25) is 0 Å². The fraction of sp³-hybridized carbons (Fsp3) is 0.417. The van der Waals surface area contributed by atoms with Gasteiger partial charge in [0.15, 0.2) is 5.60 Å². The van der Waals surface area contributed by atoms with Crippen LogP contribution in [0.15, 0.2) is 66.7 Å². The molecule has 222 valence electrons. The van der Waals surface area contributed by atoms with Crippen LogP contribution in [0.25, 0.3) is 10.9 Å². The van der Waals surface area contributed by atoms with E-state index in [0.717, 1.165) is 77.2 Å². The summed E-state index contributed by atoms with van der Waals surface area (Å²) < 4.78 is 20.9. The first-order valence-corrected chi connectivity index (χ1v) is 15.3. The Morgan fingerprint density at radius 1 is 0.952 bits per heavy atom. The summed E-state index contributed by atoms with van der Waals surface area (Å²) in [6, 6.07) is 22.6. The number of hydrogen-bond acceptors (Lipinski definition) is 5. The number of para-hydroxylation sites is 1. The third-order valence-electron chi connectivity index (χ3n) is 8.51. The maximum atomic E-state index is 13.7. The van der Waals surface area contributed by atoms with Crippen molar-refractivity contribution in [3.8, 4) is 5.75 Å². The summed E-state index contributed by atoms with van der Waals surface area (Å²) in [7, 11) is 1.70. The molecule has 6 nitrogen and oxygen atoms in total. The molecule has 0 aliphatic carbocycles. The first-order valence-electron chi connectivity index (χ1n) is 15.3. The predicted molar refractivity (Wildman–Crippen MR) is 170 cm³/mol. The highest BCUT2D eigenvalue weighted by atomic mass is 16.6. The molecule has 0 radical (unpaired) electrons. The van der Waals surface area contributed by atoms with E-state index >= 15 is 0 Å². The number of rotatable bonds is 13. The summed E-state index contributed by atoms with van der Waals surface area (Å²) in [5.74, 6) is 0.966. The van der Waals surface area contributed by atoms with Crippen molar-refractivity contribution < 1.29 is 19.0 Å². The van der Waals surface area contributed by atoms with Gasteiger partial charge < -0.3 is 23.7 Å². The Morgan fingerprint density at radius 2 is 1.69 bits per heavy atom. The summed E-state index contributed by atoms with van der Waals surface area (Å²) in [5.41, 5.74) is 5.43. The number of benzene rings is 3. The maximum absolute atomic E-state index is 13.7. The standard InChI is InChI=1S/C36H44N2O4/c1-7-37(8-2)27-18-19-31(33(24-27)41-23-13-22-40-6)36(30-16-11-9-14-28(30)35(39)42-36)34-26(5)38(21-20-25(3)4)32-17-12-10-15-29(32)34/h9-12,14-19,24-25H,7-8,13,20-23H2,1-6H3. The van der Waals surface area contributed by atoms with E-state index in [1.165, 1.54) is 0 Å². The van der Waals surface area contributed by atoms with Crippen molar-refractivity contribution in [2.75, 3.05) is 38.3 Å². The van der Waals surface area contributed by atoms with Crippen molar-refractivity contribution >= 4 is 22.6 Å². The number of hydrogen-bond donors (Lipinski definition) is 0. The van der Waals surface area contributed by atoms with Gasteiger partial charge in [0.05, 0.1) is 12.2 Å². The number of anilines is 1. The third-order valence-corrected chi connectivity index (χ3v) is 8.51. The number of nitrogens with zero attached hydrogens (tertiary/aromatic N) is 2. The molecule has 4 aromatic rings. The third kappa shape index (κ3) is 5.17. The van der Waals surface area contributed by atoms with Gasteiger partial charge in [0.1, 0.15) is 5.75 Å². The maximum Gasteiger partial charge on any atom is 0.340 e. The SMILES string of the molecule is CCN(CC)c1ccc(C2(c3c(C)n(CCC(C)C)c4ccccc34)OC(=O)c3ccccc32)c(OCCCOC)c1. The van der Waals surface area contributed by atoms with Crippen molar-refractivity contribution in [3.63, 3.8) is 0 Å². The first kappa shape index (κ1) is 29.7.